The Kier molecular flexibility index (Phi) is 2.95. The molecule has 0 aliphatic heterocycles. The third-order valence-electron chi connectivity index (χ3n) is 2.44. The summed E-state index contributed by atoms with van der Waals surface area (Å²) in [4.78, 5) is 0. The molecule has 0 unspecified atom stereocenters. The van der Waals surface area contributed by atoms with Gasteiger partial charge in [-0.3, -0.25) is 0 Å². The second-order valence-electron chi connectivity index (χ2n) is 3.80. The first-order valence-corrected chi connectivity index (χ1v) is 5.15. The highest BCUT2D eigenvalue weighted by molar-refractivity contribution is 5.65. The summed E-state index contributed by atoms with van der Waals surface area (Å²) in [5.74, 6) is -1.22. The lowest BCUT2D eigenvalue weighted by Gasteiger charge is -2.10. The molecule has 2 aromatic carbocycles. The predicted molar refractivity (Wildman–Crippen MR) is 65.2 cm³/mol. The van der Waals surface area contributed by atoms with Crippen LogP contribution in [0, 0.1) is 18.6 Å². The van der Waals surface area contributed by atoms with E-state index in [0.717, 1.165) is 0 Å². The van der Waals surface area contributed by atoms with Crippen molar-refractivity contribution in [3.05, 3.63) is 53.6 Å². The summed E-state index contributed by atoms with van der Waals surface area (Å²) < 4.78 is 27.2. The summed E-state index contributed by atoms with van der Waals surface area (Å²) in [6.45, 7) is 1.58. The number of benzene rings is 2. The molecule has 2 aromatic rings. The van der Waals surface area contributed by atoms with Crippen molar-refractivity contribution in [1.29, 1.82) is 0 Å². The van der Waals surface area contributed by atoms with E-state index in [0.29, 0.717) is 16.9 Å². The van der Waals surface area contributed by atoms with Crippen molar-refractivity contribution in [2.75, 3.05) is 11.1 Å². The van der Waals surface area contributed by atoms with E-state index in [1.165, 1.54) is 12.1 Å². The van der Waals surface area contributed by atoms with Crippen LogP contribution in [0.1, 0.15) is 5.56 Å². The van der Waals surface area contributed by atoms with Gasteiger partial charge >= 0.3 is 0 Å². The molecule has 17 heavy (non-hydrogen) atoms. The van der Waals surface area contributed by atoms with Gasteiger partial charge < -0.3 is 11.1 Å². The largest absolute Gasteiger partial charge is 0.399 e. The molecule has 3 N–H and O–H groups in total. The zero-order valence-electron chi connectivity index (χ0n) is 9.30. The Morgan fingerprint density at radius 1 is 1.12 bits per heavy atom. The van der Waals surface area contributed by atoms with Crippen LogP contribution in [0.3, 0.4) is 0 Å². The molecule has 4 heteroatoms. The number of rotatable bonds is 2. The summed E-state index contributed by atoms with van der Waals surface area (Å²) in [6, 6.07) is 9.35. The normalized spacial score (nSPS) is 10.3. The van der Waals surface area contributed by atoms with E-state index in [-0.39, 0.29) is 5.69 Å². The van der Waals surface area contributed by atoms with Gasteiger partial charge in [-0.2, -0.15) is 0 Å². The van der Waals surface area contributed by atoms with Crippen LogP contribution in [0.25, 0.3) is 0 Å². The molecule has 0 aromatic heterocycles. The van der Waals surface area contributed by atoms with Crippen molar-refractivity contribution in [1.82, 2.24) is 0 Å². The number of halogens is 2. The van der Waals surface area contributed by atoms with Crippen LogP contribution in [0.15, 0.2) is 36.4 Å². The molecule has 0 aliphatic carbocycles. The maximum Gasteiger partial charge on any atom is 0.152 e. The molecule has 0 amide bonds. The van der Waals surface area contributed by atoms with Crippen molar-refractivity contribution < 1.29 is 8.78 Å². The first kappa shape index (κ1) is 11.4. The van der Waals surface area contributed by atoms with Crippen LogP contribution in [0.2, 0.25) is 0 Å². The lowest BCUT2D eigenvalue weighted by Crippen LogP contribution is -1.99. The fraction of sp³-hybridized carbons (Fsp3) is 0.0769. The van der Waals surface area contributed by atoms with Crippen molar-refractivity contribution in [3.8, 4) is 0 Å². The molecule has 0 bridgehead atoms. The van der Waals surface area contributed by atoms with Gasteiger partial charge in [0.05, 0.1) is 0 Å². The SMILES string of the molecule is Cc1ccc(F)c(Nc2cccc(N)c2)c1F. The third-order valence-corrected chi connectivity index (χ3v) is 2.44. The molecule has 0 heterocycles. The first-order chi connectivity index (χ1) is 8.08. The molecular formula is C13H12F2N2. The molecule has 0 aliphatic rings. The molecule has 2 rings (SSSR count). The monoisotopic (exact) mass is 234 g/mol. The van der Waals surface area contributed by atoms with Gasteiger partial charge in [-0.25, -0.2) is 8.78 Å². The fourth-order valence-corrected chi connectivity index (χ4v) is 1.53. The summed E-state index contributed by atoms with van der Waals surface area (Å²) >= 11 is 0. The van der Waals surface area contributed by atoms with Crippen LogP contribution in [-0.2, 0) is 0 Å². The van der Waals surface area contributed by atoms with E-state index in [4.69, 9.17) is 5.73 Å². The van der Waals surface area contributed by atoms with Crippen molar-refractivity contribution >= 4 is 17.1 Å². The summed E-state index contributed by atoms with van der Waals surface area (Å²) in [5.41, 5.74) is 6.90. The van der Waals surface area contributed by atoms with Crippen molar-refractivity contribution in [3.63, 3.8) is 0 Å². The number of nitrogen functional groups attached to an aromatic ring is 1. The van der Waals surface area contributed by atoms with Gasteiger partial charge in [0.25, 0.3) is 0 Å². The van der Waals surface area contributed by atoms with E-state index in [9.17, 15) is 8.78 Å². The maximum atomic E-state index is 13.7. The molecule has 0 saturated heterocycles. The van der Waals surface area contributed by atoms with Crippen molar-refractivity contribution in [2.45, 2.75) is 6.92 Å². The Morgan fingerprint density at radius 3 is 2.59 bits per heavy atom. The Morgan fingerprint density at radius 2 is 1.88 bits per heavy atom. The van der Waals surface area contributed by atoms with E-state index < -0.39 is 11.6 Å². The van der Waals surface area contributed by atoms with Gasteiger partial charge in [0.15, 0.2) is 5.82 Å². The van der Waals surface area contributed by atoms with Crippen LogP contribution >= 0.6 is 0 Å². The van der Waals surface area contributed by atoms with Gasteiger partial charge in [0.2, 0.25) is 0 Å². The number of hydrogen-bond acceptors (Lipinski definition) is 2. The smallest absolute Gasteiger partial charge is 0.152 e. The number of nitrogens with one attached hydrogen (secondary N) is 1. The lowest BCUT2D eigenvalue weighted by atomic mass is 10.2. The van der Waals surface area contributed by atoms with Gasteiger partial charge in [-0.05, 0) is 36.8 Å². The minimum atomic E-state index is -0.629. The van der Waals surface area contributed by atoms with Crippen LogP contribution in [-0.4, -0.2) is 0 Å². The molecule has 0 radical (unpaired) electrons. The quantitative estimate of drug-likeness (QED) is 0.779. The molecular weight excluding hydrogens is 222 g/mol. The second-order valence-corrected chi connectivity index (χ2v) is 3.80. The molecule has 0 atom stereocenters. The zero-order valence-corrected chi connectivity index (χ0v) is 9.30. The average Bonchev–Trinajstić information content (AvgIpc) is 2.30. The Bertz CT molecular complexity index is 553. The van der Waals surface area contributed by atoms with E-state index in [1.807, 2.05) is 0 Å². The highest BCUT2D eigenvalue weighted by atomic mass is 19.1. The number of aryl methyl sites for hydroxylation is 1. The van der Waals surface area contributed by atoms with Gasteiger partial charge in [-0.15, -0.1) is 0 Å². The first-order valence-electron chi connectivity index (χ1n) is 5.15. The lowest BCUT2D eigenvalue weighted by molar-refractivity contribution is 0.585. The van der Waals surface area contributed by atoms with Crippen LogP contribution < -0.4 is 11.1 Å². The zero-order chi connectivity index (χ0) is 12.4. The van der Waals surface area contributed by atoms with Gasteiger partial charge in [-0.1, -0.05) is 12.1 Å². The molecule has 0 saturated carbocycles. The van der Waals surface area contributed by atoms with E-state index in [2.05, 4.69) is 5.32 Å². The Labute approximate surface area is 98.1 Å². The molecule has 0 spiro atoms. The standard InChI is InChI=1S/C13H12F2N2/c1-8-5-6-11(14)13(12(8)15)17-10-4-2-3-9(16)7-10/h2-7,17H,16H2,1H3. The predicted octanol–water partition coefficient (Wildman–Crippen LogP) is 3.60. The minimum Gasteiger partial charge on any atom is -0.399 e. The van der Waals surface area contributed by atoms with E-state index in [1.54, 1.807) is 31.2 Å². The Balaban J connectivity index is 2.39. The van der Waals surface area contributed by atoms with Crippen LogP contribution in [0.4, 0.5) is 25.8 Å². The Hall–Kier alpha value is -2.10. The van der Waals surface area contributed by atoms with Crippen LogP contribution in [0.5, 0.6) is 0 Å². The summed E-state index contributed by atoms with van der Waals surface area (Å²) in [6.07, 6.45) is 0. The van der Waals surface area contributed by atoms with Gasteiger partial charge in [0.1, 0.15) is 11.5 Å². The fourth-order valence-electron chi connectivity index (χ4n) is 1.53. The molecule has 2 nitrogen and oxygen atoms in total. The minimum absolute atomic E-state index is 0.157. The van der Waals surface area contributed by atoms with Crippen molar-refractivity contribution in [2.24, 2.45) is 0 Å². The van der Waals surface area contributed by atoms with E-state index >= 15 is 0 Å². The highest BCUT2D eigenvalue weighted by Gasteiger charge is 2.11. The summed E-state index contributed by atoms with van der Waals surface area (Å²) in [5, 5.41) is 2.69. The third kappa shape index (κ3) is 2.36. The molecule has 88 valence electrons. The second kappa shape index (κ2) is 4.41. The number of hydrogen-bond donors (Lipinski definition) is 2. The van der Waals surface area contributed by atoms with Gasteiger partial charge in [0, 0.05) is 11.4 Å². The molecule has 0 fully saturated rings. The number of anilines is 3. The highest BCUT2D eigenvalue weighted by Crippen LogP contribution is 2.26. The maximum absolute atomic E-state index is 13.7. The summed E-state index contributed by atoms with van der Waals surface area (Å²) in [7, 11) is 0. The number of nitrogens with two attached hydrogens (primary N) is 1. The topological polar surface area (TPSA) is 38.0 Å². The average molecular weight is 234 g/mol.